The van der Waals surface area contributed by atoms with E-state index in [2.05, 4.69) is 10.3 Å². The number of benzene rings is 1. The van der Waals surface area contributed by atoms with Gasteiger partial charge >= 0.3 is 0 Å². The molecule has 0 saturated carbocycles. The van der Waals surface area contributed by atoms with Gasteiger partial charge in [-0.05, 0) is 42.8 Å². The Balaban J connectivity index is 2.12. The van der Waals surface area contributed by atoms with Crippen molar-refractivity contribution in [2.24, 2.45) is 0 Å². The fourth-order valence-electron chi connectivity index (χ4n) is 2.07. The van der Waals surface area contributed by atoms with E-state index in [4.69, 9.17) is 0 Å². The minimum Gasteiger partial charge on any atom is -0.321 e. The van der Waals surface area contributed by atoms with Crippen molar-refractivity contribution in [1.29, 1.82) is 0 Å². The first kappa shape index (κ1) is 10.7. The smallest absolute Gasteiger partial charge is 0.256 e. The Labute approximate surface area is 105 Å². The zero-order chi connectivity index (χ0) is 12.5. The summed E-state index contributed by atoms with van der Waals surface area (Å²) in [4.78, 5) is 15.9. The lowest BCUT2D eigenvalue weighted by Gasteiger charge is -2.00. The highest BCUT2D eigenvalue weighted by Crippen LogP contribution is 2.33. The van der Waals surface area contributed by atoms with E-state index in [0.29, 0.717) is 5.57 Å². The molecule has 3 heteroatoms. The first-order valence-corrected chi connectivity index (χ1v) is 5.78. The lowest BCUT2D eigenvalue weighted by atomic mass is 10.0. The van der Waals surface area contributed by atoms with Crippen LogP contribution < -0.4 is 5.32 Å². The van der Waals surface area contributed by atoms with Gasteiger partial charge < -0.3 is 5.32 Å². The molecule has 0 unspecified atom stereocenters. The molecular formula is C15H12N2O. The zero-order valence-electron chi connectivity index (χ0n) is 9.97. The van der Waals surface area contributed by atoms with Crippen molar-refractivity contribution in [2.45, 2.75) is 6.92 Å². The molecule has 0 atom stereocenters. The highest BCUT2D eigenvalue weighted by Gasteiger charge is 2.23. The number of carbonyl (C=O) groups is 1. The maximum atomic E-state index is 12.0. The van der Waals surface area contributed by atoms with E-state index in [1.807, 2.05) is 43.3 Å². The van der Waals surface area contributed by atoms with E-state index in [1.165, 1.54) is 0 Å². The van der Waals surface area contributed by atoms with Gasteiger partial charge in [0.05, 0.1) is 0 Å². The topological polar surface area (TPSA) is 42.0 Å². The molecule has 1 aliphatic heterocycles. The number of fused-ring (bicyclic) bond motifs is 1. The molecule has 1 aliphatic rings. The number of nitrogens with zero attached hydrogens (tertiary/aromatic N) is 1. The molecule has 0 aliphatic carbocycles. The maximum Gasteiger partial charge on any atom is 0.256 e. The standard InChI is InChI=1S/C15H12N2O/c1-10-2-3-14-12(8-10)13(15(18)17-14)9-11-4-6-16-7-5-11/h2-9H,1H3,(H,17,18)/b13-9+. The van der Waals surface area contributed by atoms with E-state index < -0.39 is 0 Å². The van der Waals surface area contributed by atoms with Crippen molar-refractivity contribution in [3.05, 3.63) is 59.4 Å². The van der Waals surface area contributed by atoms with Crippen LogP contribution in [0.3, 0.4) is 0 Å². The number of hydrogen-bond donors (Lipinski definition) is 1. The van der Waals surface area contributed by atoms with Gasteiger partial charge in [-0.3, -0.25) is 9.78 Å². The van der Waals surface area contributed by atoms with Crippen LogP contribution in [0.15, 0.2) is 42.7 Å². The second-order valence-electron chi connectivity index (χ2n) is 4.34. The summed E-state index contributed by atoms with van der Waals surface area (Å²) in [7, 11) is 0. The van der Waals surface area contributed by atoms with E-state index in [1.54, 1.807) is 12.4 Å². The summed E-state index contributed by atoms with van der Waals surface area (Å²) >= 11 is 0. The number of aryl methyl sites for hydroxylation is 1. The monoisotopic (exact) mass is 236 g/mol. The summed E-state index contributed by atoms with van der Waals surface area (Å²) in [5, 5.41) is 2.87. The molecule has 1 aromatic carbocycles. The summed E-state index contributed by atoms with van der Waals surface area (Å²) in [6.45, 7) is 2.02. The number of amides is 1. The van der Waals surface area contributed by atoms with Gasteiger partial charge in [0.25, 0.3) is 5.91 Å². The number of hydrogen-bond acceptors (Lipinski definition) is 2. The Morgan fingerprint density at radius 3 is 2.72 bits per heavy atom. The van der Waals surface area contributed by atoms with Gasteiger partial charge in [0, 0.05) is 29.2 Å². The Hall–Kier alpha value is -2.42. The van der Waals surface area contributed by atoms with Crippen molar-refractivity contribution in [3.8, 4) is 0 Å². The molecule has 2 heterocycles. The third-order valence-corrected chi connectivity index (χ3v) is 2.98. The van der Waals surface area contributed by atoms with Gasteiger partial charge in [-0.2, -0.15) is 0 Å². The van der Waals surface area contributed by atoms with Crippen LogP contribution in [-0.4, -0.2) is 10.9 Å². The van der Waals surface area contributed by atoms with Crippen LogP contribution in [0.1, 0.15) is 16.7 Å². The summed E-state index contributed by atoms with van der Waals surface area (Å²) < 4.78 is 0. The minimum atomic E-state index is -0.0487. The van der Waals surface area contributed by atoms with Gasteiger partial charge in [0.2, 0.25) is 0 Å². The molecule has 0 saturated heterocycles. The molecule has 88 valence electrons. The van der Waals surface area contributed by atoms with Crippen molar-refractivity contribution in [3.63, 3.8) is 0 Å². The quantitative estimate of drug-likeness (QED) is 0.773. The fraction of sp³-hybridized carbons (Fsp3) is 0.0667. The Morgan fingerprint density at radius 1 is 1.17 bits per heavy atom. The number of rotatable bonds is 1. The second kappa shape index (κ2) is 4.11. The maximum absolute atomic E-state index is 12.0. The number of anilines is 1. The van der Waals surface area contributed by atoms with Crippen LogP contribution in [0, 0.1) is 6.92 Å². The van der Waals surface area contributed by atoms with E-state index in [0.717, 1.165) is 22.4 Å². The molecule has 18 heavy (non-hydrogen) atoms. The first-order valence-electron chi connectivity index (χ1n) is 5.78. The molecule has 0 bridgehead atoms. The molecule has 1 aromatic heterocycles. The van der Waals surface area contributed by atoms with Crippen molar-refractivity contribution in [1.82, 2.24) is 4.98 Å². The Bertz CT molecular complexity index is 645. The van der Waals surface area contributed by atoms with Crippen molar-refractivity contribution >= 4 is 23.2 Å². The minimum absolute atomic E-state index is 0.0487. The average Bonchev–Trinajstić information content (AvgIpc) is 2.67. The predicted molar refractivity (Wildman–Crippen MR) is 71.9 cm³/mol. The molecule has 0 radical (unpaired) electrons. The first-order chi connectivity index (χ1) is 8.74. The van der Waals surface area contributed by atoms with Gasteiger partial charge in [0.1, 0.15) is 0 Å². The molecule has 3 nitrogen and oxygen atoms in total. The third-order valence-electron chi connectivity index (χ3n) is 2.98. The predicted octanol–water partition coefficient (Wildman–Crippen LogP) is 2.88. The normalized spacial score (nSPS) is 15.6. The molecule has 3 rings (SSSR count). The van der Waals surface area contributed by atoms with Crippen LogP contribution in [0.25, 0.3) is 11.6 Å². The number of aromatic nitrogens is 1. The van der Waals surface area contributed by atoms with Gasteiger partial charge in [-0.15, -0.1) is 0 Å². The highest BCUT2D eigenvalue weighted by molar-refractivity contribution is 6.34. The fourth-order valence-corrected chi connectivity index (χ4v) is 2.07. The number of pyridine rings is 1. The van der Waals surface area contributed by atoms with Crippen LogP contribution in [0.4, 0.5) is 5.69 Å². The molecule has 0 spiro atoms. The Kier molecular flexibility index (Phi) is 2.45. The zero-order valence-corrected chi connectivity index (χ0v) is 9.97. The van der Waals surface area contributed by atoms with E-state index in [-0.39, 0.29) is 5.91 Å². The van der Waals surface area contributed by atoms with Gasteiger partial charge in [-0.25, -0.2) is 0 Å². The summed E-state index contributed by atoms with van der Waals surface area (Å²) in [5.74, 6) is -0.0487. The summed E-state index contributed by atoms with van der Waals surface area (Å²) in [5.41, 5.74) is 4.68. The largest absolute Gasteiger partial charge is 0.321 e. The highest BCUT2D eigenvalue weighted by atomic mass is 16.2. The lowest BCUT2D eigenvalue weighted by molar-refractivity contribution is -0.110. The van der Waals surface area contributed by atoms with Gasteiger partial charge in [0.15, 0.2) is 0 Å². The van der Waals surface area contributed by atoms with Crippen molar-refractivity contribution < 1.29 is 4.79 Å². The Morgan fingerprint density at radius 2 is 1.94 bits per heavy atom. The molecule has 1 N–H and O–H groups in total. The summed E-state index contributed by atoms with van der Waals surface area (Å²) in [6.07, 6.45) is 5.33. The molecule has 1 amide bonds. The molecular weight excluding hydrogens is 224 g/mol. The van der Waals surface area contributed by atoms with Crippen LogP contribution in [-0.2, 0) is 4.79 Å². The second-order valence-corrected chi connectivity index (χ2v) is 4.34. The molecule has 0 fully saturated rings. The van der Waals surface area contributed by atoms with E-state index >= 15 is 0 Å². The van der Waals surface area contributed by atoms with Crippen LogP contribution >= 0.6 is 0 Å². The SMILES string of the molecule is Cc1ccc2c(c1)/C(=C\c1ccncc1)C(=O)N2. The number of carbonyl (C=O) groups excluding carboxylic acids is 1. The van der Waals surface area contributed by atoms with Crippen molar-refractivity contribution in [2.75, 3.05) is 5.32 Å². The average molecular weight is 236 g/mol. The molecule has 2 aromatic rings. The lowest BCUT2D eigenvalue weighted by Crippen LogP contribution is -2.03. The van der Waals surface area contributed by atoms with Crippen LogP contribution in [0.5, 0.6) is 0 Å². The van der Waals surface area contributed by atoms with Gasteiger partial charge in [-0.1, -0.05) is 11.6 Å². The summed E-state index contributed by atoms with van der Waals surface area (Å²) in [6, 6.07) is 9.73. The van der Waals surface area contributed by atoms with Crippen LogP contribution in [0.2, 0.25) is 0 Å². The third kappa shape index (κ3) is 1.80. The number of nitrogens with one attached hydrogen (secondary N) is 1. The van der Waals surface area contributed by atoms with E-state index in [9.17, 15) is 4.79 Å².